The summed E-state index contributed by atoms with van der Waals surface area (Å²) in [6.45, 7) is 5.68. The maximum absolute atomic E-state index is 12.7. The number of carbonyl (C=O) groups is 1. The van der Waals surface area contributed by atoms with Crippen LogP contribution in [0, 0.1) is 0 Å². The Morgan fingerprint density at radius 1 is 0.474 bits per heavy atom. The molecule has 0 aromatic heterocycles. The molecule has 2 atom stereocenters. The average molecular weight is 833 g/mol. The quantitative estimate of drug-likeness (QED) is 0.0283. The Balaban J connectivity index is 4.00. The van der Waals surface area contributed by atoms with Gasteiger partial charge in [-0.3, -0.25) is 13.8 Å². The molecule has 0 spiro atoms. The highest BCUT2D eigenvalue weighted by atomic mass is 31.2. The fourth-order valence-electron chi connectivity index (χ4n) is 7.32. The van der Waals surface area contributed by atoms with Gasteiger partial charge in [0.05, 0.1) is 34.4 Å². The number of esters is 1. The van der Waals surface area contributed by atoms with E-state index in [2.05, 4.69) is 13.8 Å². The first-order valence-corrected chi connectivity index (χ1v) is 26.3. The Bertz CT molecular complexity index is 883. The molecule has 0 heterocycles. The number of hydrogen-bond donors (Lipinski definition) is 1. The van der Waals surface area contributed by atoms with Crippen LogP contribution in [-0.4, -0.2) is 75.6 Å². The summed E-state index contributed by atoms with van der Waals surface area (Å²) in [5, 5.41) is 0. The van der Waals surface area contributed by atoms with Gasteiger partial charge in [0.2, 0.25) is 0 Å². The molecular weight excluding hydrogens is 734 g/mol. The van der Waals surface area contributed by atoms with E-state index in [1.807, 2.05) is 21.1 Å². The molecule has 0 radical (unpaired) electrons. The van der Waals surface area contributed by atoms with Crippen LogP contribution in [0.4, 0.5) is 0 Å². The predicted octanol–water partition coefficient (Wildman–Crippen LogP) is 14.8. The van der Waals surface area contributed by atoms with E-state index >= 15 is 0 Å². The molecule has 0 aromatic carbocycles. The predicted molar refractivity (Wildman–Crippen MR) is 243 cm³/mol. The maximum atomic E-state index is 12.7. The summed E-state index contributed by atoms with van der Waals surface area (Å²) < 4.78 is 35.0. The van der Waals surface area contributed by atoms with Gasteiger partial charge in [0.25, 0.3) is 0 Å². The SMILES string of the molecule is CCCCCCCCCCCCCCCCCCCCCCCCCCC(=O)OC(COCCCCCCCCCCCCC)COP(=O)(O)OCC[N+](C)(C)C. The first kappa shape index (κ1) is 56.5. The lowest BCUT2D eigenvalue weighted by atomic mass is 10.0. The Labute approximate surface area is 355 Å². The van der Waals surface area contributed by atoms with Gasteiger partial charge in [0.15, 0.2) is 0 Å². The third kappa shape index (κ3) is 46.4. The summed E-state index contributed by atoms with van der Waals surface area (Å²) >= 11 is 0. The number of hydrogen-bond acceptors (Lipinski definition) is 6. The molecule has 342 valence electrons. The highest BCUT2D eigenvalue weighted by molar-refractivity contribution is 7.47. The monoisotopic (exact) mass is 833 g/mol. The van der Waals surface area contributed by atoms with Crippen molar-refractivity contribution in [3.63, 3.8) is 0 Å². The minimum Gasteiger partial charge on any atom is -0.457 e. The summed E-state index contributed by atoms with van der Waals surface area (Å²) in [4.78, 5) is 22.9. The van der Waals surface area contributed by atoms with Crippen molar-refractivity contribution in [1.82, 2.24) is 0 Å². The Kier molecular flexibility index (Phi) is 41.8. The lowest BCUT2D eigenvalue weighted by Crippen LogP contribution is -2.37. The maximum Gasteiger partial charge on any atom is 0.472 e. The van der Waals surface area contributed by atoms with Crippen molar-refractivity contribution in [2.24, 2.45) is 0 Å². The number of unbranched alkanes of at least 4 members (excludes halogenated alkanes) is 33. The molecule has 0 aromatic rings. The third-order valence-electron chi connectivity index (χ3n) is 11.2. The molecule has 0 bridgehead atoms. The van der Waals surface area contributed by atoms with Crippen LogP contribution in [0.1, 0.15) is 245 Å². The van der Waals surface area contributed by atoms with E-state index in [9.17, 15) is 14.3 Å². The van der Waals surface area contributed by atoms with Crippen LogP contribution in [0.2, 0.25) is 0 Å². The summed E-state index contributed by atoms with van der Waals surface area (Å²) in [5.41, 5.74) is 0. The van der Waals surface area contributed by atoms with Crippen LogP contribution in [0.25, 0.3) is 0 Å². The van der Waals surface area contributed by atoms with Gasteiger partial charge in [0.1, 0.15) is 19.3 Å². The molecule has 8 nitrogen and oxygen atoms in total. The van der Waals surface area contributed by atoms with Crippen LogP contribution in [0.5, 0.6) is 0 Å². The first-order valence-electron chi connectivity index (χ1n) is 24.8. The Hall–Kier alpha value is -0.500. The van der Waals surface area contributed by atoms with E-state index in [1.165, 1.54) is 193 Å². The van der Waals surface area contributed by atoms with E-state index in [0.717, 1.165) is 32.1 Å². The molecule has 0 amide bonds. The summed E-state index contributed by atoms with van der Waals surface area (Å²) in [6.07, 6.45) is 45.8. The van der Waals surface area contributed by atoms with E-state index in [4.69, 9.17) is 18.5 Å². The fraction of sp³-hybridized carbons (Fsp3) is 0.979. The van der Waals surface area contributed by atoms with Crippen LogP contribution in [0.15, 0.2) is 0 Å². The number of carbonyl (C=O) groups excluding carboxylic acids is 1. The molecule has 1 N–H and O–H groups in total. The topological polar surface area (TPSA) is 91.3 Å². The van der Waals surface area contributed by atoms with Crippen LogP contribution in [0.3, 0.4) is 0 Å². The second kappa shape index (κ2) is 42.2. The molecule has 0 fully saturated rings. The summed E-state index contributed by atoms with van der Waals surface area (Å²) in [5.74, 6) is -0.306. The summed E-state index contributed by atoms with van der Waals surface area (Å²) in [6, 6.07) is 0. The standard InChI is InChI=1S/C48H98NO7P/c1-6-8-10-12-14-16-18-19-20-21-22-23-24-25-26-27-28-29-30-31-33-35-37-39-41-48(50)56-47(46-55-57(51,52)54-44-42-49(3,4)5)45-53-43-40-38-36-34-32-17-15-13-11-9-7-2/h47H,6-46H2,1-5H3/p+1. The largest absolute Gasteiger partial charge is 0.472 e. The van der Waals surface area contributed by atoms with Crippen molar-refractivity contribution in [3.8, 4) is 0 Å². The van der Waals surface area contributed by atoms with Crippen molar-refractivity contribution in [1.29, 1.82) is 0 Å². The molecule has 9 heteroatoms. The van der Waals surface area contributed by atoms with E-state index < -0.39 is 13.9 Å². The molecule has 0 aliphatic heterocycles. The number of quaternary nitrogens is 1. The lowest BCUT2D eigenvalue weighted by Gasteiger charge is -2.24. The number of ether oxygens (including phenoxy) is 2. The van der Waals surface area contributed by atoms with E-state index in [1.54, 1.807) is 0 Å². The van der Waals surface area contributed by atoms with Gasteiger partial charge in [-0.05, 0) is 12.8 Å². The van der Waals surface area contributed by atoms with Crippen molar-refractivity contribution in [2.45, 2.75) is 251 Å². The van der Waals surface area contributed by atoms with Gasteiger partial charge >= 0.3 is 13.8 Å². The summed E-state index contributed by atoms with van der Waals surface area (Å²) in [7, 11) is 1.69. The molecule has 0 saturated heterocycles. The number of rotatable bonds is 47. The Morgan fingerprint density at radius 2 is 0.807 bits per heavy atom. The molecular formula is C48H99NO7P+. The smallest absolute Gasteiger partial charge is 0.457 e. The molecule has 57 heavy (non-hydrogen) atoms. The number of phosphoric acid groups is 1. The third-order valence-corrected chi connectivity index (χ3v) is 12.2. The van der Waals surface area contributed by atoms with Crippen LogP contribution in [-0.2, 0) is 27.9 Å². The van der Waals surface area contributed by atoms with E-state index in [0.29, 0.717) is 24.1 Å². The molecule has 0 aliphatic carbocycles. The highest BCUT2D eigenvalue weighted by Gasteiger charge is 2.26. The normalized spacial score (nSPS) is 13.6. The lowest BCUT2D eigenvalue weighted by molar-refractivity contribution is -0.870. The van der Waals surface area contributed by atoms with Crippen molar-refractivity contribution < 1.29 is 37.3 Å². The second-order valence-electron chi connectivity index (χ2n) is 18.2. The zero-order valence-corrected chi connectivity index (χ0v) is 39.8. The molecule has 2 unspecified atom stereocenters. The Morgan fingerprint density at radius 3 is 1.16 bits per heavy atom. The second-order valence-corrected chi connectivity index (χ2v) is 19.7. The molecule has 0 rings (SSSR count). The first-order chi connectivity index (χ1) is 27.6. The van der Waals surface area contributed by atoms with Gasteiger partial charge in [-0.15, -0.1) is 0 Å². The zero-order chi connectivity index (χ0) is 42.0. The number of nitrogens with zero attached hydrogens (tertiary/aromatic N) is 1. The number of phosphoric ester groups is 1. The van der Waals surface area contributed by atoms with Gasteiger partial charge < -0.3 is 18.9 Å². The van der Waals surface area contributed by atoms with E-state index in [-0.39, 0.29) is 25.8 Å². The van der Waals surface area contributed by atoms with Gasteiger partial charge in [-0.2, -0.15) is 0 Å². The zero-order valence-electron chi connectivity index (χ0n) is 38.9. The average Bonchev–Trinajstić information content (AvgIpc) is 3.16. The molecule has 0 saturated carbocycles. The van der Waals surface area contributed by atoms with Crippen molar-refractivity contribution >= 4 is 13.8 Å². The number of likely N-dealkylation sites (N-methyl/N-ethyl adjacent to an activating group) is 1. The highest BCUT2D eigenvalue weighted by Crippen LogP contribution is 2.43. The molecule has 0 aliphatic rings. The van der Waals surface area contributed by atoms with Crippen LogP contribution < -0.4 is 0 Å². The van der Waals surface area contributed by atoms with Gasteiger partial charge in [-0.25, -0.2) is 4.57 Å². The van der Waals surface area contributed by atoms with Crippen LogP contribution >= 0.6 is 7.82 Å². The minimum absolute atomic E-state index is 0.0939. The van der Waals surface area contributed by atoms with Gasteiger partial charge in [0, 0.05) is 13.0 Å². The fourth-order valence-corrected chi connectivity index (χ4v) is 8.06. The van der Waals surface area contributed by atoms with Crippen molar-refractivity contribution in [2.75, 3.05) is 54.1 Å². The van der Waals surface area contributed by atoms with Crippen molar-refractivity contribution in [3.05, 3.63) is 0 Å². The minimum atomic E-state index is -4.27. The van der Waals surface area contributed by atoms with Gasteiger partial charge in [-0.1, -0.05) is 226 Å².